The molecule has 2 aromatic rings. The molecule has 0 aliphatic carbocycles. The minimum absolute atomic E-state index is 0.108. The summed E-state index contributed by atoms with van der Waals surface area (Å²) in [5.74, 6) is -0.583. The molecular weight excluding hydrogens is 378 g/mol. The Kier molecular flexibility index (Phi) is 6.31. The number of hydrogen-bond donors (Lipinski definition) is 2. The number of rotatable bonds is 5. The van der Waals surface area contributed by atoms with Crippen LogP contribution in [0.3, 0.4) is 0 Å². The molecule has 0 saturated carbocycles. The standard InChI is InChI=1S/C21H22ClN3O3/c1-14-17(22)5-4-6-18(14)24-19(26)13-23-21(28)15-8-10-16(11-9-15)25-12-3-2-7-20(25)27/h4-6,8-11H,2-3,7,12-13H2,1H3,(H,23,28)(H,24,26). The summed E-state index contributed by atoms with van der Waals surface area (Å²) in [7, 11) is 0. The van der Waals surface area contributed by atoms with E-state index in [4.69, 9.17) is 11.6 Å². The van der Waals surface area contributed by atoms with Crippen molar-refractivity contribution < 1.29 is 14.4 Å². The topological polar surface area (TPSA) is 78.5 Å². The molecule has 1 aliphatic rings. The van der Waals surface area contributed by atoms with Gasteiger partial charge in [-0.05, 0) is 61.7 Å². The Labute approximate surface area is 168 Å². The Bertz CT molecular complexity index is 896. The molecule has 0 bridgehead atoms. The number of hydrogen-bond acceptors (Lipinski definition) is 3. The molecule has 0 aromatic heterocycles. The minimum Gasteiger partial charge on any atom is -0.343 e. The van der Waals surface area contributed by atoms with Crippen LogP contribution in [0.5, 0.6) is 0 Å². The van der Waals surface area contributed by atoms with E-state index in [0.717, 1.165) is 24.1 Å². The molecule has 28 heavy (non-hydrogen) atoms. The van der Waals surface area contributed by atoms with E-state index in [-0.39, 0.29) is 24.3 Å². The Morgan fingerprint density at radius 2 is 1.86 bits per heavy atom. The number of nitrogens with one attached hydrogen (secondary N) is 2. The zero-order chi connectivity index (χ0) is 20.1. The van der Waals surface area contributed by atoms with Crippen molar-refractivity contribution in [1.29, 1.82) is 0 Å². The molecular formula is C21H22ClN3O3. The second-order valence-corrected chi connectivity index (χ2v) is 7.10. The van der Waals surface area contributed by atoms with E-state index < -0.39 is 0 Å². The first-order valence-corrected chi connectivity index (χ1v) is 9.57. The van der Waals surface area contributed by atoms with Gasteiger partial charge >= 0.3 is 0 Å². The SMILES string of the molecule is Cc1c(Cl)cccc1NC(=O)CNC(=O)c1ccc(N2CCCCC2=O)cc1. The van der Waals surface area contributed by atoms with E-state index in [2.05, 4.69) is 10.6 Å². The molecule has 7 heteroatoms. The number of carbonyl (C=O) groups is 3. The highest BCUT2D eigenvalue weighted by atomic mass is 35.5. The normalized spacial score (nSPS) is 13.9. The van der Waals surface area contributed by atoms with Gasteiger partial charge in [-0.15, -0.1) is 0 Å². The average molecular weight is 400 g/mol. The fraction of sp³-hybridized carbons (Fsp3) is 0.286. The number of benzene rings is 2. The van der Waals surface area contributed by atoms with Gasteiger partial charge in [-0.3, -0.25) is 14.4 Å². The smallest absolute Gasteiger partial charge is 0.251 e. The van der Waals surface area contributed by atoms with E-state index in [9.17, 15) is 14.4 Å². The molecule has 6 nitrogen and oxygen atoms in total. The molecule has 0 radical (unpaired) electrons. The monoisotopic (exact) mass is 399 g/mol. The van der Waals surface area contributed by atoms with Gasteiger partial charge in [0.1, 0.15) is 0 Å². The summed E-state index contributed by atoms with van der Waals surface area (Å²) in [6.07, 6.45) is 2.46. The summed E-state index contributed by atoms with van der Waals surface area (Å²) in [5.41, 5.74) is 2.60. The third kappa shape index (κ3) is 4.70. The maximum Gasteiger partial charge on any atom is 0.251 e. The zero-order valence-electron chi connectivity index (χ0n) is 15.6. The van der Waals surface area contributed by atoms with E-state index in [1.54, 1.807) is 47.4 Å². The van der Waals surface area contributed by atoms with Crippen molar-refractivity contribution in [3.63, 3.8) is 0 Å². The van der Waals surface area contributed by atoms with Gasteiger partial charge in [-0.2, -0.15) is 0 Å². The van der Waals surface area contributed by atoms with Crippen molar-refractivity contribution >= 4 is 40.7 Å². The number of halogens is 1. The number of anilines is 2. The van der Waals surface area contributed by atoms with Crippen LogP contribution in [-0.4, -0.2) is 30.8 Å². The summed E-state index contributed by atoms with van der Waals surface area (Å²) in [6, 6.07) is 12.1. The fourth-order valence-electron chi connectivity index (χ4n) is 3.07. The van der Waals surface area contributed by atoms with Crippen LogP contribution in [0.4, 0.5) is 11.4 Å². The maximum absolute atomic E-state index is 12.3. The molecule has 3 amide bonds. The van der Waals surface area contributed by atoms with Gasteiger partial charge < -0.3 is 15.5 Å². The molecule has 1 aliphatic heterocycles. The van der Waals surface area contributed by atoms with Gasteiger partial charge in [0.15, 0.2) is 0 Å². The third-order valence-corrected chi connectivity index (χ3v) is 5.13. The maximum atomic E-state index is 12.3. The van der Waals surface area contributed by atoms with Gasteiger partial charge in [-0.25, -0.2) is 0 Å². The summed E-state index contributed by atoms with van der Waals surface area (Å²) in [5, 5.41) is 5.89. The lowest BCUT2D eigenvalue weighted by Gasteiger charge is -2.26. The van der Waals surface area contributed by atoms with E-state index in [1.165, 1.54) is 0 Å². The van der Waals surface area contributed by atoms with Gasteiger partial charge in [0.05, 0.1) is 6.54 Å². The summed E-state index contributed by atoms with van der Waals surface area (Å²) >= 11 is 6.04. The Morgan fingerprint density at radius 1 is 1.11 bits per heavy atom. The summed E-state index contributed by atoms with van der Waals surface area (Å²) in [4.78, 5) is 38.1. The van der Waals surface area contributed by atoms with Crippen LogP contribution >= 0.6 is 11.6 Å². The van der Waals surface area contributed by atoms with Crippen molar-refractivity contribution in [1.82, 2.24) is 5.32 Å². The lowest BCUT2D eigenvalue weighted by atomic mass is 10.1. The van der Waals surface area contributed by atoms with Crippen LogP contribution in [0.15, 0.2) is 42.5 Å². The Balaban J connectivity index is 1.55. The first-order chi connectivity index (χ1) is 13.5. The molecule has 146 valence electrons. The van der Waals surface area contributed by atoms with Crippen LogP contribution < -0.4 is 15.5 Å². The van der Waals surface area contributed by atoms with Crippen molar-refractivity contribution in [3.8, 4) is 0 Å². The molecule has 1 fully saturated rings. The van der Waals surface area contributed by atoms with Gasteiger partial charge in [-0.1, -0.05) is 17.7 Å². The molecule has 0 atom stereocenters. The van der Waals surface area contributed by atoms with Crippen LogP contribution in [0.25, 0.3) is 0 Å². The predicted molar refractivity (Wildman–Crippen MR) is 110 cm³/mol. The Hall–Kier alpha value is -2.86. The van der Waals surface area contributed by atoms with E-state index >= 15 is 0 Å². The third-order valence-electron chi connectivity index (χ3n) is 4.72. The number of amides is 3. The van der Waals surface area contributed by atoms with E-state index in [1.807, 2.05) is 6.92 Å². The highest BCUT2D eigenvalue weighted by Gasteiger charge is 2.19. The number of carbonyl (C=O) groups excluding carboxylic acids is 3. The van der Waals surface area contributed by atoms with Gasteiger partial charge in [0, 0.05) is 34.9 Å². The van der Waals surface area contributed by atoms with Crippen LogP contribution in [0, 0.1) is 6.92 Å². The predicted octanol–water partition coefficient (Wildman–Crippen LogP) is 3.53. The minimum atomic E-state index is -0.352. The second kappa shape index (κ2) is 8.89. The number of nitrogens with zero attached hydrogens (tertiary/aromatic N) is 1. The molecule has 2 N–H and O–H groups in total. The largest absolute Gasteiger partial charge is 0.343 e. The van der Waals surface area contributed by atoms with Crippen molar-refractivity contribution in [2.45, 2.75) is 26.2 Å². The zero-order valence-corrected chi connectivity index (χ0v) is 16.4. The van der Waals surface area contributed by atoms with Crippen molar-refractivity contribution in [2.24, 2.45) is 0 Å². The van der Waals surface area contributed by atoms with Gasteiger partial charge in [0.2, 0.25) is 11.8 Å². The molecule has 2 aromatic carbocycles. The van der Waals surface area contributed by atoms with Crippen molar-refractivity contribution in [3.05, 3.63) is 58.6 Å². The summed E-state index contributed by atoms with van der Waals surface area (Å²) in [6.45, 7) is 2.36. The molecule has 1 saturated heterocycles. The lowest BCUT2D eigenvalue weighted by Crippen LogP contribution is -2.35. The first kappa shape index (κ1) is 19.9. The van der Waals surface area contributed by atoms with Crippen LogP contribution in [-0.2, 0) is 9.59 Å². The summed E-state index contributed by atoms with van der Waals surface area (Å²) < 4.78 is 0. The molecule has 0 unspecified atom stereocenters. The number of piperidine rings is 1. The van der Waals surface area contributed by atoms with E-state index in [0.29, 0.717) is 29.2 Å². The Morgan fingerprint density at radius 3 is 2.57 bits per heavy atom. The molecule has 0 spiro atoms. The fourth-order valence-corrected chi connectivity index (χ4v) is 3.25. The lowest BCUT2D eigenvalue weighted by molar-refractivity contribution is -0.119. The highest BCUT2D eigenvalue weighted by Crippen LogP contribution is 2.23. The average Bonchev–Trinajstić information content (AvgIpc) is 2.70. The highest BCUT2D eigenvalue weighted by molar-refractivity contribution is 6.31. The molecule has 3 rings (SSSR count). The molecule has 1 heterocycles. The first-order valence-electron chi connectivity index (χ1n) is 9.19. The van der Waals surface area contributed by atoms with Crippen molar-refractivity contribution in [2.75, 3.05) is 23.3 Å². The van der Waals surface area contributed by atoms with Gasteiger partial charge in [0.25, 0.3) is 5.91 Å². The second-order valence-electron chi connectivity index (χ2n) is 6.69. The van der Waals surface area contributed by atoms with Crippen LogP contribution in [0.1, 0.15) is 35.2 Å². The quantitative estimate of drug-likeness (QED) is 0.807. The van der Waals surface area contributed by atoms with Crippen LogP contribution in [0.2, 0.25) is 5.02 Å².